The van der Waals surface area contributed by atoms with E-state index < -0.39 is 4.92 Å². The third-order valence-corrected chi connectivity index (χ3v) is 3.96. The summed E-state index contributed by atoms with van der Waals surface area (Å²) < 4.78 is 18.4. The second-order valence-electron chi connectivity index (χ2n) is 4.55. The molecule has 0 aliphatic carbocycles. The van der Waals surface area contributed by atoms with Crippen LogP contribution in [0, 0.1) is 15.9 Å². The van der Waals surface area contributed by atoms with Crippen LogP contribution in [0.2, 0.25) is 0 Å². The lowest BCUT2D eigenvalue weighted by molar-refractivity contribution is -0.384. The Hall–Kier alpha value is -2.74. The van der Waals surface area contributed by atoms with Gasteiger partial charge in [-0.2, -0.15) is 0 Å². The van der Waals surface area contributed by atoms with E-state index >= 15 is 0 Å². The van der Waals surface area contributed by atoms with E-state index in [0.29, 0.717) is 23.1 Å². The smallest absolute Gasteiger partial charge is 0.269 e. The van der Waals surface area contributed by atoms with Crippen LogP contribution >= 0.6 is 11.8 Å². The van der Waals surface area contributed by atoms with Crippen LogP contribution in [0.15, 0.2) is 57.8 Å². The summed E-state index contributed by atoms with van der Waals surface area (Å²) in [6.07, 6.45) is 0. The Morgan fingerprint density at radius 3 is 2.43 bits per heavy atom. The number of hydrogen-bond donors (Lipinski definition) is 0. The van der Waals surface area contributed by atoms with Crippen molar-refractivity contribution >= 4 is 17.4 Å². The van der Waals surface area contributed by atoms with E-state index in [-0.39, 0.29) is 11.5 Å². The van der Waals surface area contributed by atoms with E-state index in [1.54, 1.807) is 24.3 Å². The third kappa shape index (κ3) is 3.72. The molecule has 23 heavy (non-hydrogen) atoms. The second-order valence-corrected chi connectivity index (χ2v) is 5.60. The molecule has 0 amide bonds. The van der Waals surface area contributed by atoms with E-state index in [4.69, 9.17) is 4.42 Å². The number of nitro benzene ring substituents is 1. The van der Waals surface area contributed by atoms with Crippen LogP contribution in [-0.4, -0.2) is 15.1 Å². The molecule has 6 nitrogen and oxygen atoms in total. The highest BCUT2D eigenvalue weighted by molar-refractivity contribution is 7.98. The number of rotatable bonds is 5. The van der Waals surface area contributed by atoms with Gasteiger partial charge in [0.2, 0.25) is 11.8 Å². The number of nitrogens with zero attached hydrogens (tertiary/aromatic N) is 3. The highest BCUT2D eigenvalue weighted by atomic mass is 32.2. The number of aromatic nitrogens is 2. The van der Waals surface area contributed by atoms with Gasteiger partial charge < -0.3 is 4.42 Å². The fourth-order valence-electron chi connectivity index (χ4n) is 1.83. The molecule has 3 rings (SSSR count). The third-order valence-electron chi connectivity index (χ3n) is 2.97. The van der Waals surface area contributed by atoms with Crippen LogP contribution in [0.1, 0.15) is 5.89 Å². The molecule has 8 heteroatoms. The zero-order valence-corrected chi connectivity index (χ0v) is 12.5. The maximum absolute atomic E-state index is 12.8. The largest absolute Gasteiger partial charge is 0.420 e. The summed E-state index contributed by atoms with van der Waals surface area (Å²) in [5.41, 5.74) is 0.612. The molecule has 0 atom stereocenters. The Labute approximate surface area is 134 Å². The van der Waals surface area contributed by atoms with Crippen LogP contribution in [0.4, 0.5) is 10.1 Å². The molecule has 116 valence electrons. The second kappa shape index (κ2) is 6.57. The number of thioether (sulfide) groups is 1. The fourth-order valence-corrected chi connectivity index (χ4v) is 2.57. The Balaban J connectivity index is 1.67. The maximum atomic E-state index is 12.8. The van der Waals surface area contributed by atoms with Crippen molar-refractivity contribution in [2.75, 3.05) is 0 Å². The van der Waals surface area contributed by atoms with Crippen molar-refractivity contribution in [2.45, 2.75) is 10.6 Å². The lowest BCUT2D eigenvalue weighted by Gasteiger charge is -1.98. The average molecular weight is 331 g/mol. The van der Waals surface area contributed by atoms with Crippen molar-refractivity contribution in [3.05, 3.63) is 70.4 Å². The van der Waals surface area contributed by atoms with Gasteiger partial charge in [0, 0.05) is 22.6 Å². The molecule has 0 unspecified atom stereocenters. The molecule has 0 radical (unpaired) electrons. The first kappa shape index (κ1) is 15.2. The van der Waals surface area contributed by atoms with Crippen molar-refractivity contribution in [1.29, 1.82) is 0 Å². The van der Waals surface area contributed by atoms with Crippen molar-refractivity contribution < 1.29 is 13.7 Å². The lowest BCUT2D eigenvalue weighted by Crippen LogP contribution is -1.87. The van der Waals surface area contributed by atoms with Crippen LogP contribution in [-0.2, 0) is 5.75 Å². The Morgan fingerprint density at radius 2 is 1.78 bits per heavy atom. The van der Waals surface area contributed by atoms with Crippen LogP contribution in [0.5, 0.6) is 0 Å². The van der Waals surface area contributed by atoms with Crippen molar-refractivity contribution in [1.82, 2.24) is 10.2 Å². The van der Waals surface area contributed by atoms with Crippen LogP contribution < -0.4 is 0 Å². The minimum Gasteiger partial charge on any atom is -0.420 e. The quantitative estimate of drug-likeness (QED) is 0.398. The normalized spacial score (nSPS) is 10.7. The monoisotopic (exact) mass is 331 g/mol. The van der Waals surface area contributed by atoms with Gasteiger partial charge in [-0.25, -0.2) is 4.39 Å². The molecule has 0 spiro atoms. The zero-order valence-electron chi connectivity index (χ0n) is 11.7. The molecule has 1 heterocycles. The summed E-state index contributed by atoms with van der Waals surface area (Å²) in [4.78, 5) is 11.0. The Morgan fingerprint density at radius 1 is 1.09 bits per heavy atom. The van der Waals surface area contributed by atoms with Gasteiger partial charge in [0.1, 0.15) is 5.82 Å². The molecule has 0 aliphatic rings. The summed E-state index contributed by atoms with van der Waals surface area (Å²) in [6.45, 7) is 0. The van der Waals surface area contributed by atoms with Gasteiger partial charge in [-0.1, -0.05) is 0 Å². The molecule has 1 aromatic heterocycles. The summed E-state index contributed by atoms with van der Waals surface area (Å²) in [6, 6.07) is 12.0. The molecule has 0 bridgehead atoms. The number of benzene rings is 2. The molecule has 0 saturated heterocycles. The topological polar surface area (TPSA) is 82.1 Å². The summed E-state index contributed by atoms with van der Waals surface area (Å²) in [5.74, 6) is 0.890. The predicted molar refractivity (Wildman–Crippen MR) is 82.3 cm³/mol. The minimum atomic E-state index is -0.470. The van der Waals surface area contributed by atoms with Gasteiger partial charge in [-0.05, 0) is 36.4 Å². The molecule has 0 saturated carbocycles. The SMILES string of the molecule is O=[N+]([O-])c1ccc(-c2nnc(CSc3ccc(F)cc3)o2)cc1. The van der Waals surface area contributed by atoms with Gasteiger partial charge in [0.15, 0.2) is 0 Å². The predicted octanol–water partition coefficient (Wildman–Crippen LogP) is 4.08. The van der Waals surface area contributed by atoms with Crippen molar-refractivity contribution in [3.63, 3.8) is 0 Å². The van der Waals surface area contributed by atoms with Gasteiger partial charge in [0.25, 0.3) is 5.69 Å². The van der Waals surface area contributed by atoms with E-state index in [1.807, 2.05) is 0 Å². The number of hydrogen-bond acceptors (Lipinski definition) is 6. The van der Waals surface area contributed by atoms with E-state index in [0.717, 1.165) is 4.90 Å². The van der Waals surface area contributed by atoms with Crippen molar-refractivity contribution in [2.24, 2.45) is 0 Å². The van der Waals surface area contributed by atoms with Crippen LogP contribution in [0.25, 0.3) is 11.5 Å². The highest BCUT2D eigenvalue weighted by Crippen LogP contribution is 2.25. The molecular weight excluding hydrogens is 321 g/mol. The van der Waals surface area contributed by atoms with Gasteiger partial charge >= 0.3 is 0 Å². The van der Waals surface area contributed by atoms with E-state index in [9.17, 15) is 14.5 Å². The Kier molecular flexibility index (Phi) is 4.33. The molecule has 3 aromatic rings. The lowest BCUT2D eigenvalue weighted by atomic mass is 10.2. The first-order valence-corrected chi connectivity index (χ1v) is 7.56. The number of nitro groups is 1. The van der Waals surface area contributed by atoms with Crippen LogP contribution in [0.3, 0.4) is 0 Å². The summed E-state index contributed by atoms with van der Waals surface area (Å²) >= 11 is 1.44. The van der Waals surface area contributed by atoms with E-state index in [2.05, 4.69) is 10.2 Å². The van der Waals surface area contributed by atoms with Crippen molar-refractivity contribution in [3.8, 4) is 11.5 Å². The highest BCUT2D eigenvalue weighted by Gasteiger charge is 2.11. The first-order valence-electron chi connectivity index (χ1n) is 6.57. The minimum absolute atomic E-state index is 0.000328. The number of halogens is 1. The Bertz CT molecular complexity index is 819. The molecule has 0 fully saturated rings. The standard InChI is InChI=1S/C15H10FN3O3S/c16-11-3-7-13(8-4-11)23-9-14-17-18-15(22-14)10-1-5-12(6-2-10)19(20)21/h1-8H,9H2. The zero-order chi connectivity index (χ0) is 16.2. The van der Waals surface area contributed by atoms with E-state index in [1.165, 1.54) is 36.0 Å². The molecule has 0 aliphatic heterocycles. The molecule has 0 N–H and O–H groups in total. The average Bonchev–Trinajstić information content (AvgIpc) is 3.03. The maximum Gasteiger partial charge on any atom is 0.269 e. The first-order chi connectivity index (χ1) is 11.1. The molecule has 2 aromatic carbocycles. The summed E-state index contributed by atoms with van der Waals surface area (Å²) in [5, 5.41) is 18.5. The summed E-state index contributed by atoms with van der Waals surface area (Å²) in [7, 11) is 0. The number of non-ortho nitro benzene ring substituents is 1. The fraction of sp³-hybridized carbons (Fsp3) is 0.0667. The van der Waals surface area contributed by atoms with Gasteiger partial charge in [-0.3, -0.25) is 10.1 Å². The van der Waals surface area contributed by atoms with Gasteiger partial charge in [-0.15, -0.1) is 22.0 Å². The van der Waals surface area contributed by atoms with Gasteiger partial charge in [0.05, 0.1) is 10.7 Å². The molecular formula is C15H10FN3O3S.